The number of aryl methyl sites for hydroxylation is 1. The van der Waals surface area contributed by atoms with E-state index in [2.05, 4.69) is 15.4 Å². The Hall–Kier alpha value is -2.53. The zero-order valence-electron chi connectivity index (χ0n) is 12.1. The Morgan fingerprint density at radius 1 is 1.55 bits per heavy atom. The predicted molar refractivity (Wildman–Crippen MR) is 83.3 cm³/mol. The molecule has 114 valence electrons. The molecule has 6 nitrogen and oxygen atoms in total. The molecule has 0 saturated carbocycles. The zero-order chi connectivity index (χ0) is 15.9. The molecule has 1 heterocycles. The number of aliphatic imine (C=N–C) groups is 1. The van der Waals surface area contributed by atoms with E-state index in [1.54, 1.807) is 23.3 Å². The summed E-state index contributed by atoms with van der Waals surface area (Å²) in [6.07, 6.45) is 5.22. The van der Waals surface area contributed by atoms with E-state index in [9.17, 15) is 4.39 Å². The molecule has 0 aliphatic carbocycles. The lowest BCUT2D eigenvalue weighted by Gasteiger charge is -2.10. The first-order chi connectivity index (χ1) is 10.6. The third kappa shape index (κ3) is 3.99. The van der Waals surface area contributed by atoms with Gasteiger partial charge in [0.15, 0.2) is 11.4 Å². The molecule has 8 heteroatoms. The van der Waals surface area contributed by atoms with Crippen LogP contribution in [0.4, 0.5) is 10.1 Å². The van der Waals surface area contributed by atoms with Crippen LogP contribution in [0.25, 0.3) is 0 Å². The quantitative estimate of drug-likeness (QED) is 0.406. The molecule has 0 fully saturated rings. The summed E-state index contributed by atoms with van der Waals surface area (Å²) in [5.41, 5.74) is 1.19. The summed E-state index contributed by atoms with van der Waals surface area (Å²) in [5, 5.41) is 15.5. The molecule has 0 amide bonds. The van der Waals surface area contributed by atoms with Gasteiger partial charge in [-0.25, -0.2) is 9.38 Å². The Kier molecular flexibility index (Phi) is 5.38. The van der Waals surface area contributed by atoms with Gasteiger partial charge in [-0.15, -0.1) is 0 Å². The summed E-state index contributed by atoms with van der Waals surface area (Å²) in [7, 11) is 1.81. The summed E-state index contributed by atoms with van der Waals surface area (Å²) in [6.45, 7) is 0.283. The van der Waals surface area contributed by atoms with Crippen molar-refractivity contribution in [1.29, 1.82) is 5.26 Å². The molecule has 2 aromatic rings. The van der Waals surface area contributed by atoms with Crippen LogP contribution in [0, 0.1) is 17.3 Å². The van der Waals surface area contributed by atoms with E-state index in [0.29, 0.717) is 16.6 Å². The van der Waals surface area contributed by atoms with Crippen LogP contribution in [0.5, 0.6) is 5.75 Å². The zero-order valence-corrected chi connectivity index (χ0v) is 12.9. The van der Waals surface area contributed by atoms with Crippen molar-refractivity contribution in [3.8, 4) is 11.9 Å². The van der Waals surface area contributed by atoms with Gasteiger partial charge in [0.1, 0.15) is 23.9 Å². The lowest BCUT2D eigenvalue weighted by atomic mass is 10.3. The maximum atomic E-state index is 13.4. The van der Waals surface area contributed by atoms with E-state index in [1.807, 2.05) is 13.1 Å². The molecule has 0 saturated heterocycles. The van der Waals surface area contributed by atoms with Crippen molar-refractivity contribution in [2.45, 2.75) is 6.61 Å². The molecule has 1 aromatic heterocycles. The van der Waals surface area contributed by atoms with Crippen LogP contribution in [0.3, 0.4) is 0 Å². The molecule has 1 aromatic carbocycles. The van der Waals surface area contributed by atoms with Crippen molar-refractivity contribution in [2.75, 3.05) is 6.26 Å². The van der Waals surface area contributed by atoms with E-state index < -0.39 is 5.82 Å². The highest BCUT2D eigenvalue weighted by molar-refractivity contribution is 8.13. The lowest BCUT2D eigenvalue weighted by molar-refractivity contribution is 0.295. The molecule has 0 atom stereocenters. The third-order valence-corrected chi connectivity index (χ3v) is 3.38. The minimum atomic E-state index is -0.427. The van der Waals surface area contributed by atoms with E-state index in [1.165, 1.54) is 30.0 Å². The molecule has 0 unspecified atom stereocenters. The number of nitrogens with zero attached hydrogens (tertiary/aromatic N) is 4. The van der Waals surface area contributed by atoms with Crippen LogP contribution in [0.1, 0.15) is 5.69 Å². The molecule has 0 aliphatic rings. The fraction of sp³-hybridized carbons (Fsp3) is 0.214. The van der Waals surface area contributed by atoms with Crippen LogP contribution < -0.4 is 10.1 Å². The summed E-state index contributed by atoms with van der Waals surface area (Å²) in [6, 6.07) is 5.90. The second kappa shape index (κ2) is 7.47. The van der Waals surface area contributed by atoms with Crippen molar-refractivity contribution in [1.82, 2.24) is 15.1 Å². The number of aromatic nitrogens is 2. The van der Waals surface area contributed by atoms with Crippen LogP contribution in [-0.4, -0.2) is 21.2 Å². The molecule has 2 rings (SSSR count). The highest BCUT2D eigenvalue weighted by Gasteiger charge is 2.08. The number of hydrogen-bond acceptors (Lipinski definition) is 5. The number of nitriles is 1. The van der Waals surface area contributed by atoms with Gasteiger partial charge < -0.3 is 4.74 Å². The van der Waals surface area contributed by atoms with Gasteiger partial charge in [-0.3, -0.25) is 10.00 Å². The topological polar surface area (TPSA) is 75.2 Å². The van der Waals surface area contributed by atoms with Gasteiger partial charge in [-0.05, 0) is 24.5 Å². The van der Waals surface area contributed by atoms with Gasteiger partial charge >= 0.3 is 0 Å². The predicted octanol–water partition coefficient (Wildman–Crippen LogP) is 2.56. The molecule has 0 bridgehead atoms. The Morgan fingerprint density at radius 3 is 3.00 bits per heavy atom. The number of ether oxygens (including phenoxy) is 1. The summed E-state index contributed by atoms with van der Waals surface area (Å²) < 4.78 is 20.8. The van der Waals surface area contributed by atoms with Crippen LogP contribution >= 0.6 is 11.8 Å². The van der Waals surface area contributed by atoms with Crippen molar-refractivity contribution in [2.24, 2.45) is 12.0 Å². The number of halogens is 1. The van der Waals surface area contributed by atoms with Crippen LogP contribution in [-0.2, 0) is 13.7 Å². The van der Waals surface area contributed by atoms with Crippen molar-refractivity contribution < 1.29 is 9.13 Å². The minimum Gasteiger partial charge on any atom is -0.485 e. The van der Waals surface area contributed by atoms with Crippen LogP contribution in [0.2, 0.25) is 0 Å². The maximum absolute atomic E-state index is 13.4. The standard InChI is InChI=1S/C14H14FN5OS/c1-20-11(5-6-18-20)8-21-13-4-3-10(15)7-12(13)19-14(22-2)17-9-16/h3-7H,8H2,1-2H3,(H,17,19). The molecular formula is C14H14FN5OS. The van der Waals surface area contributed by atoms with Gasteiger partial charge in [0.2, 0.25) is 0 Å². The van der Waals surface area contributed by atoms with Crippen molar-refractivity contribution in [3.05, 3.63) is 42.0 Å². The molecular weight excluding hydrogens is 305 g/mol. The number of benzene rings is 1. The number of nitrogens with one attached hydrogen (secondary N) is 1. The molecule has 1 N–H and O–H groups in total. The Labute approximate surface area is 131 Å². The van der Waals surface area contributed by atoms with E-state index in [4.69, 9.17) is 10.00 Å². The molecule has 0 radical (unpaired) electrons. The summed E-state index contributed by atoms with van der Waals surface area (Å²) in [5.74, 6) is -0.00191. The monoisotopic (exact) mass is 319 g/mol. The number of rotatable bonds is 4. The summed E-state index contributed by atoms with van der Waals surface area (Å²) >= 11 is 1.25. The third-order valence-electron chi connectivity index (χ3n) is 2.80. The van der Waals surface area contributed by atoms with E-state index >= 15 is 0 Å². The van der Waals surface area contributed by atoms with Gasteiger partial charge in [-0.1, -0.05) is 11.8 Å². The van der Waals surface area contributed by atoms with Gasteiger partial charge in [0, 0.05) is 19.3 Å². The minimum absolute atomic E-state index is 0.283. The highest BCUT2D eigenvalue weighted by Crippen LogP contribution is 2.29. The average molecular weight is 319 g/mol. The Balaban J connectivity index is 2.24. The van der Waals surface area contributed by atoms with E-state index in [-0.39, 0.29) is 6.61 Å². The fourth-order valence-corrected chi connectivity index (χ4v) is 2.01. The van der Waals surface area contributed by atoms with Crippen molar-refractivity contribution in [3.63, 3.8) is 0 Å². The summed E-state index contributed by atoms with van der Waals surface area (Å²) in [4.78, 5) is 4.21. The Morgan fingerprint density at radius 2 is 2.36 bits per heavy atom. The molecule has 22 heavy (non-hydrogen) atoms. The molecule has 0 aliphatic heterocycles. The van der Waals surface area contributed by atoms with E-state index in [0.717, 1.165) is 5.69 Å². The van der Waals surface area contributed by atoms with Crippen molar-refractivity contribution >= 4 is 22.6 Å². The highest BCUT2D eigenvalue weighted by atomic mass is 32.2. The largest absolute Gasteiger partial charge is 0.485 e. The fourth-order valence-electron chi connectivity index (χ4n) is 1.68. The van der Waals surface area contributed by atoms with Crippen LogP contribution in [0.15, 0.2) is 35.5 Å². The first-order valence-corrected chi connectivity index (χ1v) is 7.53. The first-order valence-electron chi connectivity index (χ1n) is 6.31. The normalized spacial score (nSPS) is 11.1. The lowest BCUT2D eigenvalue weighted by Crippen LogP contribution is -2.12. The number of hydrogen-bond donors (Lipinski definition) is 1. The number of thioether (sulfide) groups is 1. The second-order valence-corrected chi connectivity index (χ2v) is 5.00. The Bertz CT molecular complexity index is 722. The average Bonchev–Trinajstić information content (AvgIpc) is 2.91. The number of amidine groups is 1. The van der Waals surface area contributed by atoms with Gasteiger partial charge in [0.25, 0.3) is 0 Å². The van der Waals surface area contributed by atoms with Gasteiger partial charge in [0.05, 0.1) is 5.69 Å². The maximum Gasteiger partial charge on any atom is 0.183 e. The first kappa shape index (κ1) is 15.9. The smallest absolute Gasteiger partial charge is 0.183 e. The second-order valence-electron chi connectivity index (χ2n) is 4.20. The SMILES string of the molecule is CSC(=Nc1cc(F)ccc1OCc1ccnn1C)NC#N. The molecule has 0 spiro atoms. The van der Waals surface area contributed by atoms with Gasteiger partial charge in [-0.2, -0.15) is 10.4 Å².